The third-order valence-electron chi connectivity index (χ3n) is 2.39. The molecule has 0 aliphatic rings. The Bertz CT molecular complexity index is 577. The lowest BCUT2D eigenvalue weighted by atomic mass is 10.1. The minimum Gasteiger partial charge on any atom is -0.298 e. The van der Waals surface area contributed by atoms with Gasteiger partial charge in [0.1, 0.15) is 5.15 Å². The fraction of sp³-hybridized carbons (Fsp3) is 0.273. The highest BCUT2D eigenvalue weighted by molar-refractivity contribution is 6.32. The van der Waals surface area contributed by atoms with E-state index in [1.807, 2.05) is 13.8 Å². The predicted octanol–water partition coefficient (Wildman–Crippen LogP) is 2.91. The zero-order valence-corrected chi connectivity index (χ0v) is 11.3. The summed E-state index contributed by atoms with van der Waals surface area (Å²) in [5, 5.41) is 12.4. The third-order valence-corrected chi connectivity index (χ3v) is 2.96. The molecule has 94 valence electrons. The monoisotopic (exact) mass is 284 g/mol. The first-order valence-electron chi connectivity index (χ1n) is 5.27. The second kappa shape index (κ2) is 5.04. The van der Waals surface area contributed by atoms with E-state index in [1.54, 1.807) is 12.1 Å². The van der Waals surface area contributed by atoms with Crippen LogP contribution in [0.5, 0.6) is 0 Å². The molecule has 5 nitrogen and oxygen atoms in total. The van der Waals surface area contributed by atoms with Gasteiger partial charge in [-0.3, -0.25) is 4.79 Å². The molecule has 0 aromatic carbocycles. The molecular formula is C11H10Cl2N4O. The summed E-state index contributed by atoms with van der Waals surface area (Å²) >= 11 is 11.8. The van der Waals surface area contributed by atoms with Gasteiger partial charge in [-0.25, -0.2) is 4.68 Å². The Morgan fingerprint density at radius 2 is 2.00 bits per heavy atom. The first kappa shape index (κ1) is 13.0. The molecule has 0 unspecified atom stereocenters. The van der Waals surface area contributed by atoms with Crippen LogP contribution in [0.2, 0.25) is 10.3 Å². The summed E-state index contributed by atoms with van der Waals surface area (Å²) in [6.07, 6.45) is 0.699. The van der Waals surface area contributed by atoms with Crippen molar-refractivity contribution in [2.45, 2.75) is 19.8 Å². The van der Waals surface area contributed by atoms with E-state index in [0.717, 1.165) is 0 Å². The van der Waals surface area contributed by atoms with Gasteiger partial charge in [-0.1, -0.05) is 37.0 Å². The number of aromatic nitrogens is 4. The average Bonchev–Trinajstić information content (AvgIpc) is 2.67. The van der Waals surface area contributed by atoms with Gasteiger partial charge in [-0.15, -0.1) is 10.2 Å². The minimum absolute atomic E-state index is 0.0872. The Morgan fingerprint density at radius 3 is 2.44 bits per heavy atom. The molecule has 0 saturated heterocycles. The molecule has 0 saturated carbocycles. The molecule has 0 spiro atoms. The standard InChI is InChI=1S/C11H10Cl2N4O/c1-6(2)10-7(5-18)11(13)17(16-10)9-4-3-8(12)14-15-9/h3-6H,1-2H3. The minimum atomic E-state index is 0.0872. The summed E-state index contributed by atoms with van der Waals surface area (Å²) in [7, 11) is 0. The maximum Gasteiger partial charge on any atom is 0.177 e. The topological polar surface area (TPSA) is 60.7 Å². The molecule has 0 amide bonds. The number of nitrogens with zero attached hydrogens (tertiary/aromatic N) is 4. The van der Waals surface area contributed by atoms with Gasteiger partial charge in [-0.2, -0.15) is 5.10 Å². The van der Waals surface area contributed by atoms with E-state index in [9.17, 15) is 4.79 Å². The van der Waals surface area contributed by atoms with Crippen LogP contribution in [0, 0.1) is 0 Å². The number of rotatable bonds is 3. The van der Waals surface area contributed by atoms with E-state index < -0.39 is 0 Å². The lowest BCUT2D eigenvalue weighted by Gasteiger charge is -2.00. The number of hydrogen-bond donors (Lipinski definition) is 0. The maximum atomic E-state index is 11.1. The van der Waals surface area contributed by atoms with Gasteiger partial charge in [0.05, 0.1) is 11.3 Å². The van der Waals surface area contributed by atoms with Crippen molar-refractivity contribution in [3.63, 3.8) is 0 Å². The molecule has 0 fully saturated rings. The van der Waals surface area contributed by atoms with Crippen LogP contribution >= 0.6 is 23.2 Å². The van der Waals surface area contributed by atoms with Gasteiger partial charge >= 0.3 is 0 Å². The van der Waals surface area contributed by atoms with E-state index in [-0.39, 0.29) is 16.2 Å². The summed E-state index contributed by atoms with van der Waals surface area (Å²) in [6.45, 7) is 3.87. The Hall–Kier alpha value is -1.46. The second-order valence-electron chi connectivity index (χ2n) is 3.99. The summed E-state index contributed by atoms with van der Waals surface area (Å²) in [5.74, 6) is 0.503. The van der Waals surface area contributed by atoms with E-state index in [4.69, 9.17) is 23.2 Å². The van der Waals surface area contributed by atoms with Crippen molar-refractivity contribution in [3.8, 4) is 5.82 Å². The summed E-state index contributed by atoms with van der Waals surface area (Å²) < 4.78 is 1.38. The molecular weight excluding hydrogens is 275 g/mol. The molecule has 0 radical (unpaired) electrons. The van der Waals surface area contributed by atoms with Gasteiger partial charge < -0.3 is 0 Å². The van der Waals surface area contributed by atoms with Crippen molar-refractivity contribution in [1.82, 2.24) is 20.0 Å². The van der Waals surface area contributed by atoms with Crippen LogP contribution in [0.15, 0.2) is 12.1 Å². The van der Waals surface area contributed by atoms with Crippen molar-refractivity contribution < 1.29 is 4.79 Å². The average molecular weight is 285 g/mol. The first-order chi connectivity index (χ1) is 8.54. The normalized spacial score (nSPS) is 10.9. The number of carbonyl (C=O) groups excluding carboxylic acids is 1. The number of carbonyl (C=O) groups is 1. The molecule has 0 N–H and O–H groups in total. The highest BCUT2D eigenvalue weighted by Crippen LogP contribution is 2.26. The fourth-order valence-corrected chi connectivity index (χ4v) is 1.90. The van der Waals surface area contributed by atoms with Gasteiger partial charge in [0.15, 0.2) is 17.3 Å². The molecule has 0 aliphatic carbocycles. The SMILES string of the molecule is CC(C)c1nn(-c2ccc(Cl)nn2)c(Cl)c1C=O. The zero-order chi connectivity index (χ0) is 13.3. The second-order valence-corrected chi connectivity index (χ2v) is 4.73. The first-order valence-corrected chi connectivity index (χ1v) is 6.03. The van der Waals surface area contributed by atoms with E-state index in [0.29, 0.717) is 23.4 Å². The van der Waals surface area contributed by atoms with Crippen molar-refractivity contribution in [2.75, 3.05) is 0 Å². The Morgan fingerprint density at radius 1 is 1.28 bits per heavy atom. The Kier molecular flexibility index (Phi) is 3.63. The lowest BCUT2D eigenvalue weighted by Crippen LogP contribution is -2.02. The largest absolute Gasteiger partial charge is 0.298 e. The number of hydrogen-bond acceptors (Lipinski definition) is 4. The smallest absolute Gasteiger partial charge is 0.177 e. The lowest BCUT2D eigenvalue weighted by molar-refractivity contribution is 0.112. The van der Waals surface area contributed by atoms with Crippen LogP contribution in [0.3, 0.4) is 0 Å². The highest BCUT2D eigenvalue weighted by atomic mass is 35.5. The van der Waals surface area contributed by atoms with Crippen molar-refractivity contribution in [2.24, 2.45) is 0 Å². The van der Waals surface area contributed by atoms with Crippen molar-refractivity contribution >= 4 is 29.5 Å². The Labute approximate surface area is 114 Å². The van der Waals surface area contributed by atoms with Gasteiger partial charge in [0, 0.05) is 0 Å². The molecule has 7 heteroatoms. The molecule has 0 atom stereocenters. The molecule has 0 bridgehead atoms. The van der Waals surface area contributed by atoms with Gasteiger partial charge in [0.25, 0.3) is 0 Å². The van der Waals surface area contributed by atoms with Crippen LogP contribution in [0.1, 0.15) is 35.8 Å². The van der Waals surface area contributed by atoms with Crippen LogP contribution in [-0.2, 0) is 0 Å². The van der Waals surface area contributed by atoms with Crippen LogP contribution in [-0.4, -0.2) is 26.3 Å². The fourth-order valence-electron chi connectivity index (χ4n) is 1.53. The predicted molar refractivity (Wildman–Crippen MR) is 68.7 cm³/mol. The Balaban J connectivity index is 2.58. The van der Waals surface area contributed by atoms with Crippen molar-refractivity contribution in [3.05, 3.63) is 33.7 Å². The molecule has 2 aromatic rings. The van der Waals surface area contributed by atoms with Gasteiger partial charge in [-0.05, 0) is 18.1 Å². The van der Waals surface area contributed by atoms with Crippen molar-refractivity contribution in [1.29, 1.82) is 0 Å². The van der Waals surface area contributed by atoms with Crippen LogP contribution < -0.4 is 0 Å². The van der Waals surface area contributed by atoms with E-state index in [1.165, 1.54) is 4.68 Å². The summed E-state index contributed by atoms with van der Waals surface area (Å²) in [4.78, 5) is 11.1. The van der Waals surface area contributed by atoms with Crippen LogP contribution in [0.25, 0.3) is 5.82 Å². The highest BCUT2D eigenvalue weighted by Gasteiger charge is 2.19. The number of aldehydes is 1. The number of halogens is 2. The van der Waals surface area contributed by atoms with Gasteiger partial charge in [0.2, 0.25) is 0 Å². The third kappa shape index (κ3) is 2.23. The van der Waals surface area contributed by atoms with Crippen LogP contribution in [0.4, 0.5) is 0 Å². The molecule has 2 heterocycles. The summed E-state index contributed by atoms with van der Waals surface area (Å²) in [6, 6.07) is 3.21. The molecule has 2 aromatic heterocycles. The quantitative estimate of drug-likeness (QED) is 0.813. The molecule has 18 heavy (non-hydrogen) atoms. The molecule has 2 rings (SSSR count). The van der Waals surface area contributed by atoms with E-state index in [2.05, 4.69) is 15.3 Å². The zero-order valence-electron chi connectivity index (χ0n) is 9.76. The maximum absolute atomic E-state index is 11.1. The summed E-state index contributed by atoms with van der Waals surface area (Å²) in [5.41, 5.74) is 1.01. The van der Waals surface area contributed by atoms with E-state index >= 15 is 0 Å². The molecule has 0 aliphatic heterocycles.